The lowest BCUT2D eigenvalue weighted by atomic mass is 10.1. The van der Waals surface area contributed by atoms with Crippen LogP contribution in [0.2, 0.25) is 0 Å². The van der Waals surface area contributed by atoms with Gasteiger partial charge in [-0.25, -0.2) is 8.42 Å². The Morgan fingerprint density at radius 1 is 1.30 bits per heavy atom. The minimum Gasteiger partial charge on any atom is -0.320 e. The first-order valence-electron chi connectivity index (χ1n) is 5.43. The van der Waals surface area contributed by atoms with Crippen LogP contribution < -0.4 is 5.32 Å². The highest BCUT2D eigenvalue weighted by Crippen LogP contribution is 2.26. The molecule has 0 aliphatic rings. The quantitative estimate of drug-likeness (QED) is 0.872. The van der Waals surface area contributed by atoms with Gasteiger partial charge in [0.15, 0.2) is 5.69 Å². The number of amides is 1. The van der Waals surface area contributed by atoms with Gasteiger partial charge in [-0.15, -0.1) is 5.10 Å². The highest BCUT2D eigenvalue weighted by atomic mass is 35.7. The minimum atomic E-state index is -3.80. The van der Waals surface area contributed by atoms with Crippen LogP contribution in [-0.4, -0.2) is 23.9 Å². The summed E-state index contributed by atoms with van der Waals surface area (Å²) in [6, 6.07) is 2.81. The third-order valence-electron chi connectivity index (χ3n) is 2.62. The monoisotopic (exact) mass is 331 g/mol. The first kappa shape index (κ1) is 14.9. The number of anilines is 1. The van der Waals surface area contributed by atoms with Gasteiger partial charge in [-0.1, -0.05) is 4.49 Å². The van der Waals surface area contributed by atoms with Gasteiger partial charge in [-0.2, -0.15) is 0 Å². The van der Waals surface area contributed by atoms with Gasteiger partial charge in [0.05, 0.1) is 4.90 Å². The molecule has 1 amide bonds. The van der Waals surface area contributed by atoms with Crippen molar-refractivity contribution in [3.05, 3.63) is 34.3 Å². The second kappa shape index (κ2) is 5.47. The van der Waals surface area contributed by atoms with Gasteiger partial charge in [-0.05, 0) is 48.6 Å². The molecule has 1 aromatic carbocycles. The van der Waals surface area contributed by atoms with Crippen molar-refractivity contribution in [2.45, 2.75) is 18.7 Å². The fourth-order valence-electron chi connectivity index (χ4n) is 1.70. The van der Waals surface area contributed by atoms with Crippen molar-refractivity contribution in [2.75, 3.05) is 5.32 Å². The SMILES string of the molecule is Cc1cc(S(=O)(=O)Cl)cc(C)c1NC(=O)c1csnn1. The predicted octanol–water partition coefficient (Wildman–Crippen LogP) is 2.33. The van der Waals surface area contributed by atoms with E-state index in [-0.39, 0.29) is 10.6 Å². The zero-order valence-corrected chi connectivity index (χ0v) is 12.9. The maximum Gasteiger partial charge on any atom is 0.277 e. The molecule has 0 spiro atoms. The van der Waals surface area contributed by atoms with E-state index in [2.05, 4.69) is 14.9 Å². The zero-order valence-electron chi connectivity index (χ0n) is 10.5. The van der Waals surface area contributed by atoms with E-state index in [0.29, 0.717) is 16.8 Å². The summed E-state index contributed by atoms with van der Waals surface area (Å²) in [6.07, 6.45) is 0. The molecule has 1 N–H and O–H groups in total. The van der Waals surface area contributed by atoms with E-state index < -0.39 is 15.0 Å². The van der Waals surface area contributed by atoms with Crippen molar-refractivity contribution >= 4 is 42.9 Å². The van der Waals surface area contributed by atoms with Gasteiger partial charge >= 0.3 is 0 Å². The smallest absolute Gasteiger partial charge is 0.277 e. The fraction of sp³-hybridized carbons (Fsp3) is 0.182. The molecule has 106 valence electrons. The third kappa shape index (κ3) is 3.14. The highest BCUT2D eigenvalue weighted by Gasteiger charge is 2.16. The number of carbonyl (C=O) groups excluding carboxylic acids is 1. The predicted molar refractivity (Wildman–Crippen MR) is 76.8 cm³/mol. The Balaban J connectivity index is 2.37. The first-order valence-corrected chi connectivity index (χ1v) is 8.58. The van der Waals surface area contributed by atoms with Crippen molar-refractivity contribution in [3.8, 4) is 0 Å². The first-order chi connectivity index (χ1) is 9.29. The molecule has 1 heterocycles. The molecule has 0 aliphatic carbocycles. The molecule has 20 heavy (non-hydrogen) atoms. The standard InChI is InChI=1S/C11H10ClN3O3S2/c1-6-3-8(20(12,17)18)4-7(2)10(6)13-11(16)9-5-19-15-14-9/h3-5H,1-2H3,(H,13,16). The minimum absolute atomic E-state index is 0.00231. The number of aryl methyl sites for hydroxylation is 2. The molecule has 2 rings (SSSR count). The maximum absolute atomic E-state index is 11.9. The molecule has 0 aliphatic heterocycles. The molecular formula is C11H10ClN3O3S2. The number of hydrogen-bond donors (Lipinski definition) is 1. The van der Waals surface area contributed by atoms with Gasteiger partial charge in [0, 0.05) is 21.7 Å². The summed E-state index contributed by atoms with van der Waals surface area (Å²) in [4.78, 5) is 11.9. The number of carbonyl (C=O) groups is 1. The van der Waals surface area contributed by atoms with Crippen LogP contribution >= 0.6 is 22.2 Å². The normalized spacial score (nSPS) is 11.3. The number of rotatable bonds is 3. The molecule has 0 saturated carbocycles. The van der Waals surface area contributed by atoms with Gasteiger partial charge < -0.3 is 5.32 Å². The van der Waals surface area contributed by atoms with Crippen LogP contribution in [0, 0.1) is 13.8 Å². The third-order valence-corrected chi connectivity index (χ3v) is 4.46. The van der Waals surface area contributed by atoms with Crippen LogP contribution in [-0.2, 0) is 9.05 Å². The number of benzene rings is 1. The number of halogens is 1. The molecule has 2 aromatic rings. The Kier molecular flexibility index (Phi) is 4.07. The molecule has 9 heteroatoms. The number of nitrogens with zero attached hydrogens (tertiary/aromatic N) is 2. The molecule has 0 unspecified atom stereocenters. The number of aromatic nitrogens is 2. The summed E-state index contributed by atoms with van der Waals surface area (Å²) in [5.74, 6) is -0.397. The van der Waals surface area contributed by atoms with Gasteiger partial charge in [0.25, 0.3) is 15.0 Å². The lowest BCUT2D eigenvalue weighted by molar-refractivity contribution is 0.102. The van der Waals surface area contributed by atoms with Gasteiger partial charge in [0.1, 0.15) is 0 Å². The Morgan fingerprint density at radius 2 is 1.90 bits per heavy atom. The lowest BCUT2D eigenvalue weighted by Gasteiger charge is -2.12. The van der Waals surface area contributed by atoms with E-state index in [1.54, 1.807) is 13.8 Å². The zero-order chi connectivity index (χ0) is 14.9. The molecule has 1 aromatic heterocycles. The van der Waals surface area contributed by atoms with Crippen LogP contribution in [0.5, 0.6) is 0 Å². The van der Waals surface area contributed by atoms with Crippen molar-refractivity contribution in [1.82, 2.24) is 9.59 Å². The van der Waals surface area contributed by atoms with Crippen LogP contribution in [0.1, 0.15) is 21.6 Å². The highest BCUT2D eigenvalue weighted by molar-refractivity contribution is 8.13. The number of nitrogens with one attached hydrogen (secondary N) is 1. The number of hydrogen-bond acceptors (Lipinski definition) is 6. The van der Waals surface area contributed by atoms with E-state index in [4.69, 9.17) is 10.7 Å². The van der Waals surface area contributed by atoms with E-state index >= 15 is 0 Å². The Bertz CT molecular complexity index is 734. The molecule has 6 nitrogen and oxygen atoms in total. The summed E-state index contributed by atoms with van der Waals surface area (Å²) < 4.78 is 26.2. The van der Waals surface area contributed by atoms with Crippen molar-refractivity contribution in [1.29, 1.82) is 0 Å². The summed E-state index contributed by atoms with van der Waals surface area (Å²) in [5.41, 5.74) is 1.94. The molecule has 0 fully saturated rings. The van der Waals surface area contributed by atoms with Crippen LogP contribution in [0.15, 0.2) is 22.4 Å². The van der Waals surface area contributed by atoms with E-state index in [9.17, 15) is 13.2 Å². The molecule has 0 saturated heterocycles. The Morgan fingerprint density at radius 3 is 2.35 bits per heavy atom. The van der Waals surface area contributed by atoms with Crippen LogP contribution in [0.25, 0.3) is 0 Å². The van der Waals surface area contributed by atoms with E-state index in [0.717, 1.165) is 11.5 Å². The summed E-state index contributed by atoms with van der Waals surface area (Å²) in [5, 5.41) is 7.88. The topological polar surface area (TPSA) is 89.0 Å². The average Bonchev–Trinajstić information content (AvgIpc) is 2.85. The molecular weight excluding hydrogens is 322 g/mol. The van der Waals surface area contributed by atoms with Crippen molar-refractivity contribution < 1.29 is 13.2 Å². The van der Waals surface area contributed by atoms with Gasteiger partial charge in [-0.3, -0.25) is 4.79 Å². The maximum atomic E-state index is 11.9. The summed E-state index contributed by atoms with van der Waals surface area (Å²) >= 11 is 1.07. The van der Waals surface area contributed by atoms with Crippen LogP contribution in [0.4, 0.5) is 5.69 Å². The van der Waals surface area contributed by atoms with Crippen LogP contribution in [0.3, 0.4) is 0 Å². The summed E-state index contributed by atoms with van der Waals surface area (Å²) in [6.45, 7) is 3.38. The molecule has 0 bridgehead atoms. The summed E-state index contributed by atoms with van der Waals surface area (Å²) in [7, 11) is 1.51. The average molecular weight is 332 g/mol. The molecule has 0 atom stereocenters. The van der Waals surface area contributed by atoms with Gasteiger partial charge in [0.2, 0.25) is 0 Å². The lowest BCUT2D eigenvalue weighted by Crippen LogP contribution is -2.14. The fourth-order valence-corrected chi connectivity index (χ4v) is 3.04. The largest absolute Gasteiger partial charge is 0.320 e. The second-order valence-electron chi connectivity index (χ2n) is 4.11. The molecule has 0 radical (unpaired) electrons. The van der Waals surface area contributed by atoms with E-state index in [1.807, 2.05) is 0 Å². The Hall–Kier alpha value is -1.51. The van der Waals surface area contributed by atoms with Crippen molar-refractivity contribution in [3.63, 3.8) is 0 Å². The van der Waals surface area contributed by atoms with Crippen molar-refractivity contribution in [2.24, 2.45) is 0 Å². The Labute approximate surface area is 124 Å². The van der Waals surface area contributed by atoms with E-state index in [1.165, 1.54) is 17.5 Å². The second-order valence-corrected chi connectivity index (χ2v) is 7.29.